The number of aromatic nitrogens is 3. The Hall–Kier alpha value is -4.12. The summed E-state index contributed by atoms with van der Waals surface area (Å²) >= 11 is 0. The number of ketones is 1. The molecule has 3 aromatic carbocycles. The van der Waals surface area contributed by atoms with Gasteiger partial charge in [-0.2, -0.15) is 0 Å². The van der Waals surface area contributed by atoms with Crippen LogP contribution in [0, 0.1) is 6.92 Å². The first-order chi connectivity index (χ1) is 16.7. The fourth-order valence-corrected chi connectivity index (χ4v) is 5.71. The molecule has 2 N–H and O–H groups in total. The number of allylic oxidation sites excluding steroid dienone is 2. The number of carbonyl (C=O) groups excluding carboxylic acids is 1. The predicted molar refractivity (Wildman–Crippen MR) is 135 cm³/mol. The Morgan fingerprint density at radius 3 is 2.62 bits per heavy atom. The van der Waals surface area contributed by atoms with Gasteiger partial charge in [0, 0.05) is 40.4 Å². The van der Waals surface area contributed by atoms with Crippen LogP contribution in [0.5, 0.6) is 0 Å². The lowest BCUT2D eigenvalue weighted by atomic mass is 9.77. The SMILES string of the molecule is Cc1ccc(C2CC(=O)C3=C(C2)Nc2nc4ccccc4n2C3c2c[nH]c3ccccc23)cc1. The van der Waals surface area contributed by atoms with Crippen LogP contribution in [-0.2, 0) is 4.79 Å². The summed E-state index contributed by atoms with van der Waals surface area (Å²) in [5.41, 5.74) is 8.45. The molecule has 0 fully saturated rings. The van der Waals surface area contributed by atoms with Crippen molar-refractivity contribution in [3.05, 3.63) is 107 Å². The summed E-state index contributed by atoms with van der Waals surface area (Å²) in [5, 5.41) is 4.71. The molecule has 2 aliphatic rings. The van der Waals surface area contributed by atoms with Gasteiger partial charge in [-0.15, -0.1) is 0 Å². The molecule has 166 valence electrons. The molecular weight excluding hydrogens is 420 g/mol. The standard InChI is InChI=1S/C29H24N4O/c1-17-10-12-18(13-11-17)19-14-24-27(26(34)15-19)28(21-16-30-22-7-3-2-6-20(21)22)33-25-9-5-4-8-23(25)31-29(33)32-24/h2-13,16,19,28,30H,14-15H2,1H3,(H,31,32). The number of fused-ring (bicyclic) bond motifs is 4. The van der Waals surface area contributed by atoms with E-state index in [1.165, 1.54) is 11.1 Å². The van der Waals surface area contributed by atoms with Gasteiger partial charge in [-0.1, -0.05) is 60.2 Å². The highest BCUT2D eigenvalue weighted by Gasteiger charge is 2.40. The third kappa shape index (κ3) is 2.80. The van der Waals surface area contributed by atoms with Crippen molar-refractivity contribution in [3.63, 3.8) is 0 Å². The Balaban J connectivity index is 1.44. The quantitative estimate of drug-likeness (QED) is 0.339. The first-order valence-corrected chi connectivity index (χ1v) is 11.8. The van der Waals surface area contributed by atoms with Crippen LogP contribution in [-0.4, -0.2) is 20.3 Å². The Labute approximate surface area is 197 Å². The van der Waals surface area contributed by atoms with E-state index >= 15 is 0 Å². The van der Waals surface area contributed by atoms with Crippen LogP contribution in [0.2, 0.25) is 0 Å². The maximum Gasteiger partial charge on any atom is 0.209 e. The fraction of sp³-hybridized carbons (Fsp3) is 0.172. The van der Waals surface area contributed by atoms with Crippen LogP contribution in [0.1, 0.15) is 41.5 Å². The number of rotatable bonds is 2. The summed E-state index contributed by atoms with van der Waals surface area (Å²) in [6.45, 7) is 2.09. The van der Waals surface area contributed by atoms with E-state index < -0.39 is 0 Å². The molecule has 1 aliphatic heterocycles. The lowest BCUT2D eigenvalue weighted by Gasteiger charge is -2.36. The number of nitrogens with zero attached hydrogens (tertiary/aromatic N) is 2. The van der Waals surface area contributed by atoms with E-state index in [4.69, 9.17) is 4.98 Å². The third-order valence-electron chi connectivity index (χ3n) is 7.36. The molecule has 2 unspecified atom stereocenters. The number of hydrogen-bond acceptors (Lipinski definition) is 3. The number of carbonyl (C=O) groups is 1. The van der Waals surface area contributed by atoms with E-state index in [0.29, 0.717) is 6.42 Å². The fourth-order valence-electron chi connectivity index (χ4n) is 5.71. The molecule has 0 spiro atoms. The molecule has 0 saturated heterocycles. The molecule has 5 heteroatoms. The molecule has 7 rings (SSSR count). The summed E-state index contributed by atoms with van der Waals surface area (Å²) in [6, 6.07) is 24.8. The van der Waals surface area contributed by atoms with Crippen molar-refractivity contribution in [2.24, 2.45) is 0 Å². The molecule has 0 amide bonds. The van der Waals surface area contributed by atoms with Crippen LogP contribution in [0.3, 0.4) is 0 Å². The van der Waals surface area contributed by atoms with Crippen LogP contribution in [0.4, 0.5) is 5.95 Å². The largest absolute Gasteiger partial charge is 0.361 e. The normalized spacial score (nSPS) is 19.9. The van der Waals surface area contributed by atoms with E-state index in [0.717, 1.165) is 51.1 Å². The van der Waals surface area contributed by atoms with E-state index in [2.05, 4.69) is 76.5 Å². The van der Waals surface area contributed by atoms with Gasteiger partial charge < -0.3 is 10.3 Å². The van der Waals surface area contributed by atoms with E-state index in [9.17, 15) is 4.79 Å². The van der Waals surface area contributed by atoms with Crippen LogP contribution in [0.15, 0.2) is 90.3 Å². The van der Waals surface area contributed by atoms with Gasteiger partial charge in [-0.25, -0.2) is 4.98 Å². The van der Waals surface area contributed by atoms with Gasteiger partial charge in [0.05, 0.1) is 17.1 Å². The minimum absolute atomic E-state index is 0.166. The van der Waals surface area contributed by atoms with E-state index in [1.807, 2.05) is 24.3 Å². The smallest absolute Gasteiger partial charge is 0.209 e. The monoisotopic (exact) mass is 444 g/mol. The van der Waals surface area contributed by atoms with Crippen LogP contribution >= 0.6 is 0 Å². The number of benzene rings is 3. The molecule has 3 heterocycles. The number of aryl methyl sites for hydroxylation is 1. The molecular formula is C29H24N4O. The molecule has 5 aromatic rings. The predicted octanol–water partition coefficient (Wildman–Crippen LogP) is 6.24. The third-order valence-corrected chi connectivity index (χ3v) is 7.36. The average Bonchev–Trinajstić information content (AvgIpc) is 3.44. The lowest BCUT2D eigenvalue weighted by molar-refractivity contribution is -0.116. The Kier molecular flexibility index (Phi) is 4.09. The Bertz CT molecular complexity index is 1620. The number of imidazole rings is 1. The summed E-state index contributed by atoms with van der Waals surface area (Å²) in [6.07, 6.45) is 3.37. The van der Waals surface area contributed by atoms with Crippen LogP contribution in [0.25, 0.3) is 21.9 Å². The highest BCUT2D eigenvalue weighted by atomic mass is 16.1. The maximum absolute atomic E-state index is 13.8. The van der Waals surface area contributed by atoms with Crippen LogP contribution < -0.4 is 5.32 Å². The molecule has 0 radical (unpaired) electrons. The maximum atomic E-state index is 13.8. The Morgan fingerprint density at radius 2 is 1.74 bits per heavy atom. The molecule has 0 saturated carbocycles. The minimum atomic E-state index is -0.221. The van der Waals surface area contributed by atoms with Gasteiger partial charge in [0.25, 0.3) is 0 Å². The summed E-state index contributed by atoms with van der Waals surface area (Å²) in [4.78, 5) is 22.2. The van der Waals surface area contributed by atoms with Gasteiger partial charge in [0.15, 0.2) is 5.78 Å². The zero-order valence-electron chi connectivity index (χ0n) is 18.9. The summed E-state index contributed by atoms with van der Waals surface area (Å²) in [5.74, 6) is 1.17. The first-order valence-electron chi connectivity index (χ1n) is 11.8. The molecule has 0 bridgehead atoms. The first kappa shape index (κ1) is 19.4. The topological polar surface area (TPSA) is 62.7 Å². The zero-order chi connectivity index (χ0) is 22.8. The van der Waals surface area contributed by atoms with E-state index in [1.54, 1.807) is 0 Å². The summed E-state index contributed by atoms with van der Waals surface area (Å²) in [7, 11) is 0. The Morgan fingerprint density at radius 1 is 0.941 bits per heavy atom. The number of aromatic amines is 1. The van der Waals surface area contributed by atoms with Crippen molar-refractivity contribution in [3.8, 4) is 0 Å². The number of anilines is 1. The second-order valence-corrected chi connectivity index (χ2v) is 9.44. The van der Waals surface area contributed by atoms with Crippen molar-refractivity contribution in [1.29, 1.82) is 0 Å². The number of nitrogens with one attached hydrogen (secondary N) is 2. The molecule has 1 aliphatic carbocycles. The van der Waals surface area contributed by atoms with Gasteiger partial charge in [-0.3, -0.25) is 9.36 Å². The number of Topliss-reactive ketones (excluding diaryl/α,β-unsaturated/α-hetero) is 1. The number of para-hydroxylation sites is 3. The number of hydrogen-bond donors (Lipinski definition) is 2. The summed E-state index contributed by atoms with van der Waals surface area (Å²) < 4.78 is 2.20. The van der Waals surface area contributed by atoms with Gasteiger partial charge in [0.1, 0.15) is 0 Å². The zero-order valence-corrected chi connectivity index (χ0v) is 18.9. The molecule has 5 nitrogen and oxygen atoms in total. The van der Waals surface area contributed by atoms with Gasteiger partial charge >= 0.3 is 0 Å². The highest BCUT2D eigenvalue weighted by Crippen LogP contribution is 2.47. The average molecular weight is 445 g/mol. The molecule has 2 aromatic heterocycles. The van der Waals surface area contributed by atoms with Crippen molar-refractivity contribution < 1.29 is 4.79 Å². The second-order valence-electron chi connectivity index (χ2n) is 9.44. The van der Waals surface area contributed by atoms with Gasteiger partial charge in [0.2, 0.25) is 5.95 Å². The van der Waals surface area contributed by atoms with Gasteiger partial charge in [-0.05, 0) is 43.0 Å². The number of H-pyrrole nitrogens is 1. The molecule has 34 heavy (non-hydrogen) atoms. The minimum Gasteiger partial charge on any atom is -0.361 e. The van der Waals surface area contributed by atoms with Crippen molar-refractivity contribution >= 4 is 33.7 Å². The van der Waals surface area contributed by atoms with Crippen molar-refractivity contribution in [2.45, 2.75) is 31.7 Å². The van der Waals surface area contributed by atoms with Crippen molar-refractivity contribution in [1.82, 2.24) is 14.5 Å². The van der Waals surface area contributed by atoms with E-state index in [-0.39, 0.29) is 17.7 Å². The molecule has 2 atom stereocenters. The highest BCUT2D eigenvalue weighted by molar-refractivity contribution is 6.02. The lowest BCUT2D eigenvalue weighted by Crippen LogP contribution is -2.33. The van der Waals surface area contributed by atoms with Crippen molar-refractivity contribution in [2.75, 3.05) is 5.32 Å². The second kappa shape index (κ2) is 7.19.